The summed E-state index contributed by atoms with van der Waals surface area (Å²) in [5.41, 5.74) is 0.872. The summed E-state index contributed by atoms with van der Waals surface area (Å²) in [5.74, 6) is 1.73. The molecule has 0 amide bonds. The van der Waals surface area contributed by atoms with Crippen molar-refractivity contribution in [2.45, 2.75) is 19.4 Å². The fourth-order valence-electron chi connectivity index (χ4n) is 2.36. The molecule has 0 bridgehead atoms. The molecule has 0 aliphatic carbocycles. The molecule has 1 unspecified atom stereocenters. The number of thiophene rings is 1. The maximum atomic E-state index is 4.28. The van der Waals surface area contributed by atoms with Gasteiger partial charge in [0.2, 0.25) is 0 Å². The second kappa shape index (κ2) is 7.23. The van der Waals surface area contributed by atoms with E-state index in [0.717, 1.165) is 30.4 Å². The molecule has 0 aromatic carbocycles. The highest BCUT2D eigenvalue weighted by atomic mass is 32.1. The van der Waals surface area contributed by atoms with Crippen molar-refractivity contribution >= 4 is 22.9 Å². The summed E-state index contributed by atoms with van der Waals surface area (Å²) in [6, 6.07) is 10.3. The third-order valence-corrected chi connectivity index (χ3v) is 4.63. The molecule has 6 nitrogen and oxygen atoms in total. The Bertz CT molecular complexity index is 777. The SMILES string of the molecule is CN=C(NCCc1nnc2ccccn12)NC(C)c1cccs1. The van der Waals surface area contributed by atoms with E-state index in [0.29, 0.717) is 0 Å². The number of hydrogen-bond donors (Lipinski definition) is 2. The van der Waals surface area contributed by atoms with Crippen LogP contribution in [0.1, 0.15) is 23.7 Å². The summed E-state index contributed by atoms with van der Waals surface area (Å²) in [4.78, 5) is 5.56. The first-order chi connectivity index (χ1) is 11.3. The van der Waals surface area contributed by atoms with Crippen LogP contribution in [0, 0.1) is 0 Å². The minimum Gasteiger partial charge on any atom is -0.356 e. The maximum Gasteiger partial charge on any atom is 0.191 e. The third kappa shape index (κ3) is 3.68. The highest BCUT2D eigenvalue weighted by molar-refractivity contribution is 7.10. The van der Waals surface area contributed by atoms with Crippen molar-refractivity contribution in [3.8, 4) is 0 Å². The minimum atomic E-state index is 0.232. The lowest BCUT2D eigenvalue weighted by Gasteiger charge is -2.16. The lowest BCUT2D eigenvalue weighted by Crippen LogP contribution is -2.39. The largest absolute Gasteiger partial charge is 0.356 e. The summed E-state index contributed by atoms with van der Waals surface area (Å²) in [7, 11) is 1.78. The molecule has 3 heterocycles. The number of hydrogen-bond acceptors (Lipinski definition) is 4. The van der Waals surface area contributed by atoms with E-state index in [1.807, 2.05) is 28.8 Å². The predicted molar refractivity (Wildman–Crippen MR) is 93.9 cm³/mol. The molecular formula is C16H20N6S. The van der Waals surface area contributed by atoms with Gasteiger partial charge >= 0.3 is 0 Å². The van der Waals surface area contributed by atoms with Gasteiger partial charge in [-0.25, -0.2) is 0 Å². The second-order valence-electron chi connectivity index (χ2n) is 5.18. The van der Waals surface area contributed by atoms with Gasteiger partial charge in [0.25, 0.3) is 0 Å². The minimum absolute atomic E-state index is 0.232. The molecule has 0 radical (unpaired) electrons. The van der Waals surface area contributed by atoms with Crippen LogP contribution in [-0.4, -0.2) is 34.2 Å². The molecule has 0 saturated heterocycles. The molecule has 1 atom stereocenters. The van der Waals surface area contributed by atoms with Gasteiger partial charge in [-0.3, -0.25) is 9.39 Å². The van der Waals surface area contributed by atoms with Crippen LogP contribution in [0.2, 0.25) is 0 Å². The summed E-state index contributed by atoms with van der Waals surface area (Å²) in [6.45, 7) is 2.87. The van der Waals surface area contributed by atoms with Crippen molar-refractivity contribution in [3.05, 3.63) is 52.6 Å². The Kier molecular flexibility index (Phi) is 4.87. The summed E-state index contributed by atoms with van der Waals surface area (Å²) < 4.78 is 2.01. The van der Waals surface area contributed by atoms with E-state index in [9.17, 15) is 0 Å². The van der Waals surface area contributed by atoms with Crippen molar-refractivity contribution in [2.24, 2.45) is 4.99 Å². The fraction of sp³-hybridized carbons (Fsp3) is 0.312. The lowest BCUT2D eigenvalue weighted by atomic mass is 10.3. The van der Waals surface area contributed by atoms with Crippen molar-refractivity contribution in [3.63, 3.8) is 0 Å². The normalized spacial score (nSPS) is 13.2. The van der Waals surface area contributed by atoms with Gasteiger partial charge in [0.15, 0.2) is 11.6 Å². The van der Waals surface area contributed by atoms with E-state index in [1.54, 1.807) is 18.4 Å². The highest BCUT2D eigenvalue weighted by Gasteiger charge is 2.09. The van der Waals surface area contributed by atoms with E-state index >= 15 is 0 Å². The van der Waals surface area contributed by atoms with Gasteiger partial charge in [-0.2, -0.15) is 0 Å². The first-order valence-corrected chi connectivity index (χ1v) is 8.45. The van der Waals surface area contributed by atoms with Crippen LogP contribution in [-0.2, 0) is 6.42 Å². The molecule has 3 rings (SSSR count). The van der Waals surface area contributed by atoms with Crippen LogP contribution in [0.3, 0.4) is 0 Å². The summed E-state index contributed by atoms with van der Waals surface area (Å²) in [6.07, 6.45) is 2.76. The molecule has 7 heteroatoms. The molecule has 0 fully saturated rings. The van der Waals surface area contributed by atoms with Crippen molar-refractivity contribution in [1.82, 2.24) is 25.2 Å². The van der Waals surface area contributed by atoms with Crippen LogP contribution in [0.5, 0.6) is 0 Å². The van der Waals surface area contributed by atoms with Crippen molar-refractivity contribution in [2.75, 3.05) is 13.6 Å². The first-order valence-electron chi connectivity index (χ1n) is 7.57. The van der Waals surface area contributed by atoms with Crippen LogP contribution >= 0.6 is 11.3 Å². The number of nitrogens with zero attached hydrogens (tertiary/aromatic N) is 4. The zero-order valence-electron chi connectivity index (χ0n) is 13.2. The standard InChI is InChI=1S/C16H20N6S/c1-12(13-6-5-11-23-13)19-16(17-2)18-9-8-15-21-20-14-7-3-4-10-22(14)15/h3-7,10-12H,8-9H2,1-2H3,(H2,17,18,19). The van der Waals surface area contributed by atoms with Gasteiger partial charge in [-0.05, 0) is 30.5 Å². The average molecular weight is 328 g/mol. The van der Waals surface area contributed by atoms with Gasteiger partial charge in [0.05, 0.1) is 6.04 Å². The van der Waals surface area contributed by atoms with Gasteiger partial charge in [-0.1, -0.05) is 12.1 Å². The fourth-order valence-corrected chi connectivity index (χ4v) is 3.10. The van der Waals surface area contributed by atoms with E-state index in [-0.39, 0.29) is 6.04 Å². The zero-order chi connectivity index (χ0) is 16.1. The smallest absolute Gasteiger partial charge is 0.191 e. The van der Waals surface area contributed by atoms with Gasteiger partial charge in [0, 0.05) is 31.1 Å². The van der Waals surface area contributed by atoms with Crippen LogP contribution < -0.4 is 10.6 Å². The van der Waals surface area contributed by atoms with Crippen LogP contribution in [0.25, 0.3) is 5.65 Å². The third-order valence-electron chi connectivity index (χ3n) is 3.57. The molecule has 3 aromatic rings. The molecule has 2 N–H and O–H groups in total. The highest BCUT2D eigenvalue weighted by Crippen LogP contribution is 2.17. The molecule has 3 aromatic heterocycles. The number of pyridine rings is 1. The average Bonchev–Trinajstić information content (AvgIpc) is 3.24. The van der Waals surface area contributed by atoms with Gasteiger partial charge < -0.3 is 10.6 Å². The maximum absolute atomic E-state index is 4.28. The number of rotatable bonds is 5. The van der Waals surface area contributed by atoms with Crippen molar-refractivity contribution < 1.29 is 0 Å². The van der Waals surface area contributed by atoms with E-state index in [4.69, 9.17) is 0 Å². The number of nitrogens with one attached hydrogen (secondary N) is 2. The molecule has 23 heavy (non-hydrogen) atoms. The summed E-state index contributed by atoms with van der Waals surface area (Å²) >= 11 is 1.74. The van der Waals surface area contributed by atoms with Crippen LogP contribution in [0.15, 0.2) is 46.9 Å². The number of aliphatic imine (C=N–C) groups is 1. The quantitative estimate of drug-likeness (QED) is 0.557. The Morgan fingerprint density at radius 3 is 3.00 bits per heavy atom. The number of fused-ring (bicyclic) bond motifs is 1. The van der Waals surface area contributed by atoms with Gasteiger partial charge in [-0.15, -0.1) is 21.5 Å². The predicted octanol–water partition coefficient (Wildman–Crippen LogP) is 2.26. The molecular weight excluding hydrogens is 308 g/mol. The summed E-state index contributed by atoms with van der Waals surface area (Å²) in [5, 5.41) is 17.2. The lowest BCUT2D eigenvalue weighted by molar-refractivity contribution is 0.689. The monoisotopic (exact) mass is 328 g/mol. The van der Waals surface area contributed by atoms with Crippen molar-refractivity contribution in [1.29, 1.82) is 0 Å². The van der Waals surface area contributed by atoms with E-state index < -0.39 is 0 Å². The molecule has 0 aliphatic heterocycles. The Morgan fingerprint density at radius 1 is 1.30 bits per heavy atom. The second-order valence-corrected chi connectivity index (χ2v) is 6.15. The topological polar surface area (TPSA) is 66.6 Å². The first kappa shape index (κ1) is 15.5. The Hall–Kier alpha value is -2.41. The zero-order valence-corrected chi connectivity index (χ0v) is 14.0. The Labute approximate surface area is 139 Å². The molecule has 0 saturated carbocycles. The van der Waals surface area contributed by atoms with E-state index in [1.165, 1.54) is 4.88 Å². The molecule has 0 aliphatic rings. The molecule has 0 spiro atoms. The van der Waals surface area contributed by atoms with Gasteiger partial charge in [0.1, 0.15) is 5.82 Å². The van der Waals surface area contributed by atoms with E-state index in [2.05, 4.69) is 50.3 Å². The molecule has 120 valence electrons. The Balaban J connectivity index is 1.54. The number of guanidine groups is 1. The Morgan fingerprint density at radius 2 is 2.22 bits per heavy atom. The van der Waals surface area contributed by atoms with Crippen LogP contribution in [0.4, 0.5) is 0 Å². The number of aromatic nitrogens is 3.